The molecule has 0 spiro atoms. The maximum Gasteiger partial charge on any atom is 0.308 e. The zero-order valence-corrected chi connectivity index (χ0v) is 11.4. The van der Waals surface area contributed by atoms with Gasteiger partial charge < -0.3 is 14.8 Å². The third kappa shape index (κ3) is 5.34. The van der Waals surface area contributed by atoms with Crippen LogP contribution in [-0.2, 0) is 14.4 Å². The lowest BCUT2D eigenvalue weighted by Gasteiger charge is -2.09. The fraction of sp³-hybridized carbons (Fsp3) is 0.214. The van der Waals surface area contributed by atoms with E-state index < -0.39 is 11.9 Å². The summed E-state index contributed by atoms with van der Waals surface area (Å²) < 4.78 is 9.91. The van der Waals surface area contributed by atoms with Crippen molar-refractivity contribution in [1.82, 2.24) is 5.32 Å². The predicted molar refractivity (Wildman–Crippen MR) is 71.9 cm³/mol. The summed E-state index contributed by atoms with van der Waals surface area (Å²) in [6, 6.07) is 4.69. The number of hydrogen-bond donors (Lipinski definition) is 1. The molecule has 0 aliphatic heterocycles. The number of hydrogen-bond acceptors (Lipinski definition) is 5. The fourth-order valence-corrected chi connectivity index (χ4v) is 1.36. The Morgan fingerprint density at radius 2 is 1.60 bits per heavy atom. The van der Waals surface area contributed by atoms with Gasteiger partial charge >= 0.3 is 11.9 Å². The highest BCUT2D eigenvalue weighted by Crippen LogP contribution is 2.29. The Balaban J connectivity index is 3.00. The predicted octanol–water partition coefficient (Wildman–Crippen LogP) is 1.64. The maximum atomic E-state index is 11.0. The number of ether oxygens (including phenoxy) is 2. The molecular formula is C14H15NO5. The van der Waals surface area contributed by atoms with E-state index in [1.54, 1.807) is 12.1 Å². The Kier molecular flexibility index (Phi) is 5.46. The van der Waals surface area contributed by atoms with Crippen molar-refractivity contribution in [2.75, 3.05) is 0 Å². The first-order valence-electron chi connectivity index (χ1n) is 5.83. The number of rotatable bonds is 4. The maximum absolute atomic E-state index is 11.0. The first-order chi connectivity index (χ1) is 9.38. The summed E-state index contributed by atoms with van der Waals surface area (Å²) in [7, 11) is 0. The first-order valence-corrected chi connectivity index (χ1v) is 5.83. The minimum atomic E-state index is -0.526. The molecule has 0 radical (unpaired) electrons. The van der Waals surface area contributed by atoms with Crippen molar-refractivity contribution in [3.8, 4) is 11.5 Å². The molecule has 1 amide bonds. The number of carbonyl (C=O) groups is 3. The molecule has 0 aromatic heterocycles. The van der Waals surface area contributed by atoms with Crippen LogP contribution in [0.3, 0.4) is 0 Å². The molecule has 0 saturated carbocycles. The molecule has 6 heteroatoms. The van der Waals surface area contributed by atoms with E-state index in [0.29, 0.717) is 5.56 Å². The van der Waals surface area contributed by atoms with Crippen molar-refractivity contribution in [3.05, 3.63) is 30.0 Å². The number of amides is 1. The average molecular weight is 277 g/mol. The van der Waals surface area contributed by atoms with Gasteiger partial charge in [-0.3, -0.25) is 14.4 Å². The summed E-state index contributed by atoms with van der Waals surface area (Å²) in [5.41, 5.74) is 0.672. The number of carbonyl (C=O) groups excluding carboxylic acids is 3. The van der Waals surface area contributed by atoms with Gasteiger partial charge in [0, 0.05) is 27.0 Å². The van der Waals surface area contributed by atoms with Crippen molar-refractivity contribution in [2.24, 2.45) is 0 Å². The summed E-state index contributed by atoms with van der Waals surface area (Å²) in [4.78, 5) is 32.7. The van der Waals surface area contributed by atoms with Gasteiger partial charge in [-0.1, -0.05) is 6.07 Å². The second-order valence-corrected chi connectivity index (χ2v) is 3.93. The summed E-state index contributed by atoms with van der Waals surface area (Å²) in [5.74, 6) is -0.943. The van der Waals surface area contributed by atoms with Crippen LogP contribution in [0.25, 0.3) is 6.08 Å². The molecule has 1 aromatic rings. The SMILES string of the molecule is CC(=O)NC=Cc1ccc(OC(C)=O)c(OC(C)=O)c1. The third-order valence-electron chi connectivity index (χ3n) is 2.04. The van der Waals surface area contributed by atoms with Gasteiger partial charge in [0.1, 0.15) is 0 Å². The molecular weight excluding hydrogens is 262 g/mol. The summed E-state index contributed by atoms with van der Waals surface area (Å²) in [6.07, 6.45) is 3.08. The topological polar surface area (TPSA) is 81.7 Å². The Hall–Kier alpha value is -2.63. The van der Waals surface area contributed by atoms with Crippen LogP contribution in [0.1, 0.15) is 26.3 Å². The molecule has 20 heavy (non-hydrogen) atoms. The number of esters is 2. The van der Waals surface area contributed by atoms with Crippen LogP contribution >= 0.6 is 0 Å². The van der Waals surface area contributed by atoms with E-state index in [-0.39, 0.29) is 17.4 Å². The Bertz CT molecular complexity index is 563. The molecule has 1 rings (SSSR count). The van der Waals surface area contributed by atoms with E-state index in [4.69, 9.17) is 9.47 Å². The molecule has 0 aliphatic carbocycles. The highest BCUT2D eigenvalue weighted by Gasteiger charge is 2.10. The van der Waals surface area contributed by atoms with Crippen LogP contribution in [0.2, 0.25) is 0 Å². The van der Waals surface area contributed by atoms with Crippen molar-refractivity contribution in [1.29, 1.82) is 0 Å². The van der Waals surface area contributed by atoms with Gasteiger partial charge in [-0.15, -0.1) is 0 Å². The monoisotopic (exact) mass is 277 g/mol. The van der Waals surface area contributed by atoms with Crippen LogP contribution < -0.4 is 14.8 Å². The largest absolute Gasteiger partial charge is 0.423 e. The minimum Gasteiger partial charge on any atom is -0.423 e. The molecule has 0 atom stereocenters. The van der Waals surface area contributed by atoms with E-state index in [2.05, 4.69) is 5.32 Å². The first kappa shape index (κ1) is 15.4. The lowest BCUT2D eigenvalue weighted by molar-refractivity contribution is -0.134. The molecule has 1 N–H and O–H groups in total. The van der Waals surface area contributed by atoms with E-state index in [0.717, 1.165) is 0 Å². The van der Waals surface area contributed by atoms with Crippen LogP contribution in [-0.4, -0.2) is 17.8 Å². The van der Waals surface area contributed by atoms with Crippen molar-refractivity contribution in [2.45, 2.75) is 20.8 Å². The Morgan fingerprint density at radius 1 is 1.00 bits per heavy atom. The van der Waals surface area contributed by atoms with Crippen molar-refractivity contribution >= 4 is 23.9 Å². The fourth-order valence-electron chi connectivity index (χ4n) is 1.36. The molecule has 0 bridgehead atoms. The van der Waals surface area contributed by atoms with Gasteiger partial charge in [-0.25, -0.2) is 0 Å². The van der Waals surface area contributed by atoms with Crippen LogP contribution in [0.5, 0.6) is 11.5 Å². The molecule has 106 valence electrons. The summed E-state index contributed by atoms with van der Waals surface area (Å²) in [5, 5.41) is 2.49. The lowest BCUT2D eigenvalue weighted by Crippen LogP contribution is -2.11. The van der Waals surface area contributed by atoms with E-state index in [1.165, 1.54) is 39.1 Å². The van der Waals surface area contributed by atoms with Gasteiger partial charge in [0.25, 0.3) is 0 Å². The molecule has 0 heterocycles. The van der Waals surface area contributed by atoms with Gasteiger partial charge in [0.15, 0.2) is 11.5 Å². The number of nitrogens with one attached hydrogen (secondary N) is 1. The van der Waals surface area contributed by atoms with Gasteiger partial charge in [0.2, 0.25) is 5.91 Å². The van der Waals surface area contributed by atoms with E-state index in [9.17, 15) is 14.4 Å². The minimum absolute atomic E-state index is 0.137. The summed E-state index contributed by atoms with van der Waals surface area (Å²) in [6.45, 7) is 3.89. The zero-order valence-electron chi connectivity index (χ0n) is 11.4. The standard InChI is InChI=1S/C14H15NO5/c1-9(16)15-7-6-12-4-5-13(19-10(2)17)14(8-12)20-11(3)18/h4-8H,1-3H3,(H,15,16). The lowest BCUT2D eigenvalue weighted by atomic mass is 10.2. The highest BCUT2D eigenvalue weighted by atomic mass is 16.6. The van der Waals surface area contributed by atoms with E-state index >= 15 is 0 Å². The quantitative estimate of drug-likeness (QED) is 0.668. The molecule has 0 aliphatic rings. The Morgan fingerprint density at radius 3 is 2.15 bits per heavy atom. The average Bonchev–Trinajstić information content (AvgIpc) is 2.30. The summed E-state index contributed by atoms with van der Waals surface area (Å²) >= 11 is 0. The van der Waals surface area contributed by atoms with Crippen molar-refractivity contribution < 1.29 is 23.9 Å². The normalized spacial score (nSPS) is 10.2. The smallest absolute Gasteiger partial charge is 0.308 e. The molecule has 6 nitrogen and oxygen atoms in total. The van der Waals surface area contributed by atoms with Gasteiger partial charge in [-0.05, 0) is 23.8 Å². The third-order valence-corrected chi connectivity index (χ3v) is 2.04. The zero-order chi connectivity index (χ0) is 15.1. The second-order valence-electron chi connectivity index (χ2n) is 3.93. The van der Waals surface area contributed by atoms with Crippen LogP contribution in [0.15, 0.2) is 24.4 Å². The molecule has 0 unspecified atom stereocenters. The van der Waals surface area contributed by atoms with E-state index in [1.807, 2.05) is 0 Å². The van der Waals surface area contributed by atoms with Gasteiger partial charge in [0.05, 0.1) is 0 Å². The Labute approximate surface area is 116 Å². The molecule has 1 aromatic carbocycles. The van der Waals surface area contributed by atoms with Crippen molar-refractivity contribution in [3.63, 3.8) is 0 Å². The van der Waals surface area contributed by atoms with Crippen LogP contribution in [0, 0.1) is 0 Å². The molecule has 0 saturated heterocycles. The highest BCUT2D eigenvalue weighted by molar-refractivity contribution is 5.76. The molecule has 0 fully saturated rings. The second kappa shape index (κ2) is 7.08. The number of benzene rings is 1. The van der Waals surface area contributed by atoms with Crippen LogP contribution in [0.4, 0.5) is 0 Å². The van der Waals surface area contributed by atoms with Gasteiger partial charge in [-0.2, -0.15) is 0 Å².